The quantitative estimate of drug-likeness (QED) is 0.0813. The molecule has 0 aliphatic carbocycles. The monoisotopic (exact) mass is 855 g/mol. The van der Waals surface area contributed by atoms with E-state index >= 15 is 0 Å². The number of halogens is 1. The Hall–Kier alpha value is -5.58. The molecule has 7 rings (SSSR count). The molecule has 17 heteroatoms. The van der Waals surface area contributed by atoms with Gasteiger partial charge in [-0.15, -0.1) is 0 Å². The molecule has 0 bridgehead atoms. The van der Waals surface area contributed by atoms with Crippen LogP contribution in [0.25, 0.3) is 0 Å². The Balaban J connectivity index is 0.993. The Morgan fingerprint density at radius 3 is 2.40 bits per heavy atom. The number of hydrogen-bond acceptors (Lipinski definition) is 13. The molecule has 3 aliphatic heterocycles. The second-order valence-corrected chi connectivity index (χ2v) is 18.8. The van der Waals surface area contributed by atoms with Crippen LogP contribution in [0.3, 0.4) is 0 Å². The first-order chi connectivity index (χ1) is 28.6. The van der Waals surface area contributed by atoms with E-state index in [-0.39, 0.29) is 57.6 Å². The maximum atomic E-state index is 13.5. The first-order valence-electron chi connectivity index (χ1n) is 20.2. The molecule has 2 saturated heterocycles. The van der Waals surface area contributed by atoms with E-state index in [9.17, 15) is 22.8 Å². The van der Waals surface area contributed by atoms with E-state index in [1.807, 2.05) is 19.9 Å². The fraction of sp³-hybridized carbons (Fsp3) is 0.395. The Morgan fingerprint density at radius 1 is 0.950 bits per heavy atom. The van der Waals surface area contributed by atoms with Gasteiger partial charge in [-0.25, -0.2) is 13.4 Å². The highest BCUT2D eigenvalue weighted by Gasteiger charge is 2.45. The Bertz CT molecular complexity index is 2450. The number of sulfone groups is 1. The molecule has 1 aromatic heterocycles. The third-order valence-corrected chi connectivity index (χ3v) is 13.5. The highest BCUT2D eigenvalue weighted by atomic mass is 35.5. The molecule has 4 heterocycles. The van der Waals surface area contributed by atoms with Crippen LogP contribution in [0.4, 0.5) is 28.8 Å². The van der Waals surface area contributed by atoms with Crippen molar-refractivity contribution in [1.82, 2.24) is 25.1 Å². The number of amidine groups is 1. The maximum Gasteiger partial charge on any atom is 0.264 e. The lowest BCUT2D eigenvalue weighted by atomic mass is 9.86. The average molecular weight is 856 g/mol. The van der Waals surface area contributed by atoms with Gasteiger partial charge in [-0.2, -0.15) is 4.98 Å². The van der Waals surface area contributed by atoms with E-state index in [0.717, 1.165) is 42.9 Å². The van der Waals surface area contributed by atoms with Crippen molar-refractivity contribution in [3.05, 3.63) is 88.1 Å². The summed E-state index contributed by atoms with van der Waals surface area (Å²) in [7, 11) is -3.59. The average Bonchev–Trinajstić information content (AvgIpc) is 3.46. The summed E-state index contributed by atoms with van der Waals surface area (Å²) in [5, 5.41) is 19.6. The molecule has 5 N–H and O–H groups in total. The number of hydrogen-bond donors (Lipinski definition) is 5. The summed E-state index contributed by atoms with van der Waals surface area (Å²) in [4.78, 5) is 52.0. The number of ether oxygens (including phenoxy) is 1. The van der Waals surface area contributed by atoms with Gasteiger partial charge in [-0.05, 0) is 120 Å². The summed E-state index contributed by atoms with van der Waals surface area (Å²) in [5.74, 6) is 0.0484. The molecule has 3 amide bonds. The van der Waals surface area contributed by atoms with E-state index in [1.54, 1.807) is 56.3 Å². The zero-order valence-electron chi connectivity index (χ0n) is 34.3. The van der Waals surface area contributed by atoms with Crippen molar-refractivity contribution in [2.24, 2.45) is 0 Å². The van der Waals surface area contributed by atoms with E-state index in [1.165, 1.54) is 11.8 Å². The number of benzene rings is 3. The molecule has 3 aromatic carbocycles. The van der Waals surface area contributed by atoms with Crippen LogP contribution in [0.5, 0.6) is 5.75 Å². The zero-order valence-corrected chi connectivity index (χ0v) is 35.8. The van der Waals surface area contributed by atoms with Crippen LogP contribution in [0, 0.1) is 12.3 Å². The van der Waals surface area contributed by atoms with Crippen molar-refractivity contribution in [1.29, 1.82) is 5.41 Å². The number of para-hydroxylation sites is 1. The summed E-state index contributed by atoms with van der Waals surface area (Å²) in [6, 6.07) is 15.0. The van der Waals surface area contributed by atoms with Gasteiger partial charge in [0, 0.05) is 25.2 Å². The molecule has 1 unspecified atom stereocenters. The molecule has 0 spiro atoms. The molecule has 0 saturated carbocycles. The normalized spacial score (nSPS) is 17.6. The Morgan fingerprint density at radius 2 is 1.68 bits per heavy atom. The van der Waals surface area contributed by atoms with Crippen molar-refractivity contribution < 1.29 is 27.5 Å². The molecule has 4 aromatic rings. The summed E-state index contributed by atoms with van der Waals surface area (Å²) in [5.41, 5.74) is 4.45. The molecule has 2 fully saturated rings. The second-order valence-electron chi connectivity index (χ2n) is 15.9. The first-order valence-corrected chi connectivity index (χ1v) is 22.1. The van der Waals surface area contributed by atoms with Crippen molar-refractivity contribution in [2.75, 3.05) is 42.1 Å². The number of fused-ring (bicyclic) bond motifs is 1. The molecule has 60 heavy (non-hydrogen) atoms. The van der Waals surface area contributed by atoms with Crippen molar-refractivity contribution in [3.8, 4) is 5.75 Å². The number of anilines is 5. The molecule has 1 atom stereocenters. The molecule has 316 valence electrons. The maximum absolute atomic E-state index is 13.5. The Labute approximate surface area is 355 Å². The van der Waals surface area contributed by atoms with Crippen LogP contribution in [-0.2, 0) is 14.6 Å². The number of nitrogens with zero attached hydrogens (tertiary/aromatic N) is 4. The van der Waals surface area contributed by atoms with Gasteiger partial charge >= 0.3 is 0 Å². The Kier molecular flexibility index (Phi) is 12.5. The van der Waals surface area contributed by atoms with Crippen molar-refractivity contribution in [3.63, 3.8) is 0 Å². The third kappa shape index (κ3) is 8.81. The van der Waals surface area contributed by atoms with Gasteiger partial charge in [0.25, 0.3) is 11.8 Å². The van der Waals surface area contributed by atoms with Gasteiger partial charge in [0.1, 0.15) is 16.8 Å². The van der Waals surface area contributed by atoms with Crippen LogP contribution in [0.15, 0.2) is 65.7 Å². The van der Waals surface area contributed by atoms with Crippen LogP contribution < -0.4 is 26.0 Å². The van der Waals surface area contributed by atoms with Gasteiger partial charge in [0.15, 0.2) is 15.7 Å². The lowest BCUT2D eigenvalue weighted by molar-refractivity contribution is -0.124. The number of carbonyl (C=O) groups excluding carboxylic acids is 3. The van der Waals surface area contributed by atoms with Gasteiger partial charge in [0.05, 0.1) is 50.8 Å². The number of piperidine rings is 2. The first kappa shape index (κ1) is 42.5. The predicted molar refractivity (Wildman–Crippen MR) is 232 cm³/mol. The minimum Gasteiger partial charge on any atom is -0.489 e. The SMILES string of the molecule is Cc1cc(Nc2ncc(Cl)c(Nc3ccccc3S(=O)(=O)C(C)C)n2)c(OC(C)C)cc1C1CCN(CCNc2cccc3c2C(=O)N(C2CCC(=N)NC2=O)C3=O)CC1. The van der Waals surface area contributed by atoms with Gasteiger partial charge in [0.2, 0.25) is 11.9 Å². The lowest BCUT2D eigenvalue weighted by Crippen LogP contribution is -2.54. The number of nitrogens with one attached hydrogen (secondary N) is 5. The summed E-state index contributed by atoms with van der Waals surface area (Å²) >= 11 is 6.51. The van der Waals surface area contributed by atoms with E-state index in [2.05, 4.69) is 49.1 Å². The van der Waals surface area contributed by atoms with Crippen molar-refractivity contribution in [2.45, 2.75) is 88.5 Å². The van der Waals surface area contributed by atoms with Crippen LogP contribution >= 0.6 is 11.6 Å². The van der Waals surface area contributed by atoms with E-state index < -0.39 is 38.9 Å². The molecule has 15 nitrogen and oxygen atoms in total. The molecular weight excluding hydrogens is 806 g/mol. The van der Waals surface area contributed by atoms with Gasteiger partial charge in [-0.3, -0.25) is 24.7 Å². The fourth-order valence-electron chi connectivity index (χ4n) is 7.93. The molecular formula is C43H50ClN9O6S. The van der Waals surface area contributed by atoms with Crippen LogP contribution in [-0.4, -0.2) is 95.3 Å². The topological polar surface area (TPSA) is 199 Å². The van der Waals surface area contributed by atoms with E-state index in [0.29, 0.717) is 35.3 Å². The number of carbonyl (C=O) groups is 3. The van der Waals surface area contributed by atoms with Gasteiger partial charge < -0.3 is 30.9 Å². The van der Waals surface area contributed by atoms with Crippen molar-refractivity contribution >= 4 is 73.8 Å². The van der Waals surface area contributed by atoms with Gasteiger partial charge in [-0.1, -0.05) is 29.8 Å². The number of imide groups is 1. The summed E-state index contributed by atoms with van der Waals surface area (Å²) in [6.45, 7) is 12.3. The number of likely N-dealkylation sites (tertiary alicyclic amines) is 1. The van der Waals surface area contributed by atoms with Crippen LogP contribution in [0.1, 0.15) is 91.1 Å². The standard InChI is InChI=1S/C43H50ClN9O6S/c1-24(2)59-35-22-29(26(5)21-33(35)49-43-47-23-30(44)39(51-43)48-31-10-6-7-12-36(31)60(57,58)25(3)4)27-15-18-52(19-16-27)20-17-46-32-11-8-9-28-38(32)42(56)53(41(28)55)34-13-14-37(45)50-40(34)54/h6-12,21-25,27,34,46H,13-20H2,1-5H3,(H2,45,50,54)(H2,47,48,49,51). The lowest BCUT2D eigenvalue weighted by Gasteiger charge is -2.33. The second kappa shape index (κ2) is 17.6. The highest BCUT2D eigenvalue weighted by molar-refractivity contribution is 7.92. The fourth-order valence-corrected chi connectivity index (χ4v) is 9.27. The van der Waals surface area contributed by atoms with Crippen LogP contribution in [0.2, 0.25) is 5.02 Å². The highest BCUT2D eigenvalue weighted by Crippen LogP contribution is 2.39. The number of aryl methyl sites for hydroxylation is 1. The number of amides is 3. The van der Waals surface area contributed by atoms with E-state index in [4.69, 9.17) is 21.7 Å². The zero-order chi connectivity index (χ0) is 42.9. The minimum absolute atomic E-state index is 0.0865. The predicted octanol–water partition coefficient (Wildman–Crippen LogP) is 7.04. The summed E-state index contributed by atoms with van der Waals surface area (Å²) in [6.07, 6.45) is 3.73. The number of aromatic nitrogens is 2. The largest absolute Gasteiger partial charge is 0.489 e. The summed E-state index contributed by atoms with van der Waals surface area (Å²) < 4.78 is 32.5. The number of rotatable bonds is 14. The third-order valence-electron chi connectivity index (χ3n) is 11.1. The molecule has 3 aliphatic rings. The molecule has 0 radical (unpaired) electrons. The smallest absolute Gasteiger partial charge is 0.264 e. The minimum atomic E-state index is -3.59.